The summed E-state index contributed by atoms with van der Waals surface area (Å²) in [4.78, 5) is 0. The smallest absolute Gasteiger partial charge is 0.195 e. The molecule has 0 bridgehead atoms. The number of hydrazine groups is 2. The average molecular weight is 254 g/mol. The lowest BCUT2D eigenvalue weighted by atomic mass is 10.1. The molecular weight excluding hydrogens is 240 g/mol. The van der Waals surface area contributed by atoms with E-state index in [1.165, 1.54) is 0 Å². The molecule has 1 aliphatic heterocycles. The van der Waals surface area contributed by atoms with Gasteiger partial charge in [-0.2, -0.15) is 0 Å². The van der Waals surface area contributed by atoms with Crippen molar-refractivity contribution in [2.75, 3.05) is 14.2 Å². The molecule has 4 N–H and O–H groups in total. The van der Waals surface area contributed by atoms with Crippen molar-refractivity contribution in [1.82, 2.24) is 21.7 Å². The van der Waals surface area contributed by atoms with Crippen molar-refractivity contribution in [3.63, 3.8) is 0 Å². The van der Waals surface area contributed by atoms with E-state index in [9.17, 15) is 0 Å². The second kappa shape index (κ2) is 5.17. The normalized spacial score (nSPS) is 16.0. The van der Waals surface area contributed by atoms with Crippen LogP contribution in [0.4, 0.5) is 0 Å². The van der Waals surface area contributed by atoms with E-state index in [2.05, 4.69) is 21.7 Å². The first kappa shape index (κ1) is 11.9. The van der Waals surface area contributed by atoms with Crippen molar-refractivity contribution in [3.05, 3.63) is 23.8 Å². The Morgan fingerprint density at radius 3 is 2.41 bits per heavy atom. The van der Waals surface area contributed by atoms with Gasteiger partial charge < -0.3 is 9.47 Å². The number of rotatable bonds is 3. The van der Waals surface area contributed by atoms with Crippen LogP contribution in [0.1, 0.15) is 11.7 Å². The van der Waals surface area contributed by atoms with E-state index in [4.69, 9.17) is 21.7 Å². The third-order valence-electron chi connectivity index (χ3n) is 2.41. The van der Waals surface area contributed by atoms with Gasteiger partial charge in [0.25, 0.3) is 0 Å². The highest BCUT2D eigenvalue weighted by Gasteiger charge is 2.19. The summed E-state index contributed by atoms with van der Waals surface area (Å²) in [5.41, 5.74) is 12.6. The molecule has 6 nitrogen and oxygen atoms in total. The van der Waals surface area contributed by atoms with Crippen LogP contribution in [0.2, 0.25) is 0 Å². The molecule has 0 saturated carbocycles. The molecule has 2 rings (SSSR count). The Balaban J connectivity index is 2.22. The van der Waals surface area contributed by atoms with Crippen LogP contribution in [0, 0.1) is 0 Å². The molecule has 0 aromatic heterocycles. The van der Waals surface area contributed by atoms with Gasteiger partial charge in [-0.1, -0.05) is 0 Å². The highest BCUT2D eigenvalue weighted by Crippen LogP contribution is 2.28. The minimum Gasteiger partial charge on any atom is -0.497 e. The van der Waals surface area contributed by atoms with E-state index < -0.39 is 0 Å². The summed E-state index contributed by atoms with van der Waals surface area (Å²) in [5, 5.41) is 0.494. The molecule has 1 aromatic rings. The minimum atomic E-state index is -0.150. The molecule has 1 fully saturated rings. The van der Waals surface area contributed by atoms with Crippen molar-refractivity contribution >= 4 is 17.3 Å². The lowest BCUT2D eigenvalue weighted by Gasteiger charge is -2.29. The standard InChI is InChI=1S/C10H14N4O2S/c1-15-6-3-4-7(8(5-6)16-2)9-11-13-10(17)14-12-9/h3-5,9,11-12H,1-2H3,(H2,13,14,17). The van der Waals surface area contributed by atoms with Gasteiger partial charge in [0.05, 0.1) is 14.2 Å². The lowest BCUT2D eigenvalue weighted by molar-refractivity contribution is 0.338. The van der Waals surface area contributed by atoms with Crippen LogP contribution in [0.5, 0.6) is 11.5 Å². The predicted molar refractivity (Wildman–Crippen MR) is 67.4 cm³/mol. The SMILES string of the molecule is COc1ccc(C2NNC(=S)NN2)c(OC)c1. The van der Waals surface area contributed by atoms with Gasteiger partial charge in [-0.25, -0.2) is 10.9 Å². The van der Waals surface area contributed by atoms with Crippen molar-refractivity contribution in [2.24, 2.45) is 0 Å². The fourth-order valence-electron chi connectivity index (χ4n) is 1.56. The van der Waals surface area contributed by atoms with Gasteiger partial charge in [0, 0.05) is 11.6 Å². The number of nitrogens with one attached hydrogen (secondary N) is 4. The third-order valence-corrected chi connectivity index (χ3v) is 2.62. The highest BCUT2D eigenvalue weighted by molar-refractivity contribution is 7.80. The lowest BCUT2D eigenvalue weighted by Crippen LogP contribution is -2.61. The second-order valence-electron chi connectivity index (χ2n) is 3.41. The van der Waals surface area contributed by atoms with E-state index in [1.54, 1.807) is 14.2 Å². The maximum Gasteiger partial charge on any atom is 0.195 e. The minimum absolute atomic E-state index is 0.150. The number of benzene rings is 1. The zero-order chi connectivity index (χ0) is 12.3. The van der Waals surface area contributed by atoms with Gasteiger partial charge in [0.1, 0.15) is 17.7 Å². The summed E-state index contributed by atoms with van der Waals surface area (Å²) >= 11 is 4.91. The van der Waals surface area contributed by atoms with Gasteiger partial charge in [-0.3, -0.25) is 10.9 Å². The average Bonchev–Trinajstić information content (AvgIpc) is 2.39. The number of thiocarbonyl (C=S) groups is 1. The van der Waals surface area contributed by atoms with Crippen molar-refractivity contribution in [1.29, 1.82) is 0 Å². The molecule has 0 radical (unpaired) electrons. The van der Waals surface area contributed by atoms with E-state index in [0.29, 0.717) is 5.11 Å². The van der Waals surface area contributed by atoms with Crippen LogP contribution < -0.4 is 31.2 Å². The van der Waals surface area contributed by atoms with Gasteiger partial charge in [0.2, 0.25) is 0 Å². The van der Waals surface area contributed by atoms with Gasteiger partial charge in [0.15, 0.2) is 5.11 Å². The molecule has 0 aliphatic carbocycles. The van der Waals surface area contributed by atoms with Crippen LogP contribution in [0.25, 0.3) is 0 Å². The van der Waals surface area contributed by atoms with Crippen LogP contribution in [-0.2, 0) is 0 Å². The maximum atomic E-state index is 5.32. The molecular formula is C10H14N4O2S. The first-order valence-electron chi connectivity index (χ1n) is 5.03. The Hall–Kier alpha value is -1.57. The molecule has 1 aliphatic rings. The number of methoxy groups -OCH3 is 2. The van der Waals surface area contributed by atoms with E-state index in [-0.39, 0.29) is 6.17 Å². The number of hydrogen-bond donors (Lipinski definition) is 4. The number of hydrogen-bond acceptors (Lipinski definition) is 5. The van der Waals surface area contributed by atoms with Gasteiger partial charge in [-0.05, 0) is 24.4 Å². The van der Waals surface area contributed by atoms with Crippen LogP contribution in [-0.4, -0.2) is 19.3 Å². The van der Waals surface area contributed by atoms with E-state index in [0.717, 1.165) is 17.1 Å². The molecule has 92 valence electrons. The molecule has 0 amide bonds. The molecule has 0 unspecified atom stereocenters. The first-order chi connectivity index (χ1) is 8.24. The monoisotopic (exact) mass is 254 g/mol. The molecule has 17 heavy (non-hydrogen) atoms. The van der Waals surface area contributed by atoms with Gasteiger partial charge in [-0.15, -0.1) is 0 Å². The fourth-order valence-corrected chi connectivity index (χ4v) is 1.67. The van der Waals surface area contributed by atoms with Crippen molar-refractivity contribution in [2.45, 2.75) is 6.17 Å². The quantitative estimate of drug-likeness (QED) is 0.574. The summed E-state index contributed by atoms with van der Waals surface area (Å²) in [6.07, 6.45) is -0.150. The van der Waals surface area contributed by atoms with Crippen LogP contribution in [0.3, 0.4) is 0 Å². The van der Waals surface area contributed by atoms with Crippen molar-refractivity contribution in [3.8, 4) is 11.5 Å². The predicted octanol–water partition coefficient (Wildman–Crippen LogP) is 0.189. The zero-order valence-corrected chi connectivity index (χ0v) is 10.4. The topological polar surface area (TPSA) is 66.6 Å². The van der Waals surface area contributed by atoms with Crippen molar-refractivity contribution < 1.29 is 9.47 Å². The fraction of sp³-hybridized carbons (Fsp3) is 0.300. The van der Waals surface area contributed by atoms with Crippen LogP contribution in [0.15, 0.2) is 18.2 Å². The molecule has 1 saturated heterocycles. The molecule has 7 heteroatoms. The summed E-state index contributed by atoms with van der Waals surface area (Å²) in [6, 6.07) is 5.61. The molecule has 0 spiro atoms. The highest BCUT2D eigenvalue weighted by atomic mass is 32.1. The van der Waals surface area contributed by atoms with Crippen LogP contribution >= 0.6 is 12.2 Å². The maximum absolute atomic E-state index is 5.32. The Labute approximate surface area is 105 Å². The molecule has 0 atom stereocenters. The van der Waals surface area contributed by atoms with E-state index >= 15 is 0 Å². The summed E-state index contributed by atoms with van der Waals surface area (Å²) in [5.74, 6) is 1.48. The third kappa shape index (κ3) is 2.57. The van der Waals surface area contributed by atoms with E-state index in [1.807, 2.05) is 18.2 Å². The summed E-state index contributed by atoms with van der Waals surface area (Å²) < 4.78 is 10.5. The Kier molecular flexibility index (Phi) is 3.62. The Morgan fingerprint density at radius 1 is 1.12 bits per heavy atom. The van der Waals surface area contributed by atoms with Gasteiger partial charge >= 0.3 is 0 Å². The summed E-state index contributed by atoms with van der Waals surface area (Å²) in [6.45, 7) is 0. The second-order valence-corrected chi connectivity index (χ2v) is 3.82. The summed E-state index contributed by atoms with van der Waals surface area (Å²) in [7, 11) is 3.24. The number of ether oxygens (including phenoxy) is 2. The first-order valence-corrected chi connectivity index (χ1v) is 5.44. The molecule has 1 heterocycles. The zero-order valence-electron chi connectivity index (χ0n) is 9.53. The Bertz CT molecular complexity index is 417. The molecule has 1 aromatic carbocycles. The Morgan fingerprint density at radius 2 is 1.82 bits per heavy atom. The largest absolute Gasteiger partial charge is 0.497 e.